The van der Waals surface area contributed by atoms with Gasteiger partial charge in [-0.25, -0.2) is 0 Å². The quantitative estimate of drug-likeness (QED) is 0.830. The minimum Gasteiger partial charge on any atom is -0.330 e. The third kappa shape index (κ3) is 2.14. The lowest BCUT2D eigenvalue weighted by Crippen LogP contribution is -2.18. The van der Waals surface area contributed by atoms with Gasteiger partial charge >= 0.3 is 0 Å². The number of nitrogens with zero attached hydrogens (tertiary/aromatic N) is 2. The van der Waals surface area contributed by atoms with Crippen LogP contribution in [0.25, 0.3) is 0 Å². The molecule has 1 aromatic heterocycles. The molecule has 2 rings (SSSR count). The second kappa shape index (κ2) is 5.00. The summed E-state index contributed by atoms with van der Waals surface area (Å²) in [5.41, 5.74) is 8.52. The van der Waals surface area contributed by atoms with Crippen molar-refractivity contribution in [1.29, 1.82) is 0 Å². The Labute approximate surface area is 98.0 Å². The van der Waals surface area contributed by atoms with E-state index in [1.807, 2.05) is 0 Å². The molecule has 1 aromatic rings. The van der Waals surface area contributed by atoms with Gasteiger partial charge in [0.2, 0.25) is 0 Å². The summed E-state index contributed by atoms with van der Waals surface area (Å²) < 4.78 is 2.22. The number of hydrogen-bond donors (Lipinski definition) is 1. The van der Waals surface area contributed by atoms with Gasteiger partial charge in [0.1, 0.15) is 0 Å². The Morgan fingerprint density at radius 1 is 1.50 bits per heavy atom. The first kappa shape index (κ1) is 11.6. The average Bonchev–Trinajstić information content (AvgIpc) is 2.56. The van der Waals surface area contributed by atoms with E-state index >= 15 is 0 Å². The van der Waals surface area contributed by atoms with Crippen molar-refractivity contribution in [1.82, 2.24) is 9.78 Å². The van der Waals surface area contributed by atoms with Gasteiger partial charge in [0.05, 0.1) is 6.20 Å². The summed E-state index contributed by atoms with van der Waals surface area (Å²) in [6.45, 7) is 5.20. The molecule has 1 heterocycles. The van der Waals surface area contributed by atoms with Crippen molar-refractivity contribution in [3.63, 3.8) is 0 Å². The Morgan fingerprint density at radius 2 is 2.25 bits per heavy atom. The first-order valence-corrected chi connectivity index (χ1v) is 6.50. The van der Waals surface area contributed by atoms with Crippen LogP contribution in [0.4, 0.5) is 0 Å². The van der Waals surface area contributed by atoms with E-state index in [-0.39, 0.29) is 0 Å². The van der Waals surface area contributed by atoms with Crippen molar-refractivity contribution in [2.45, 2.75) is 57.9 Å². The van der Waals surface area contributed by atoms with Crippen molar-refractivity contribution in [2.24, 2.45) is 5.73 Å². The first-order valence-electron chi connectivity index (χ1n) is 6.50. The Kier molecular flexibility index (Phi) is 3.64. The van der Waals surface area contributed by atoms with E-state index in [0.717, 1.165) is 25.3 Å². The number of nitrogens with two attached hydrogens (primary N) is 1. The molecular formula is C13H23N3. The largest absolute Gasteiger partial charge is 0.330 e. The van der Waals surface area contributed by atoms with Gasteiger partial charge in [-0.15, -0.1) is 0 Å². The second-order valence-corrected chi connectivity index (χ2v) is 5.11. The smallest absolute Gasteiger partial charge is 0.0524 e. The summed E-state index contributed by atoms with van der Waals surface area (Å²) in [7, 11) is 0. The average molecular weight is 221 g/mol. The molecule has 90 valence electrons. The highest BCUT2D eigenvalue weighted by molar-refractivity contribution is 5.24. The molecule has 1 aliphatic rings. The van der Waals surface area contributed by atoms with Crippen molar-refractivity contribution in [3.05, 3.63) is 17.5 Å². The van der Waals surface area contributed by atoms with Gasteiger partial charge in [-0.2, -0.15) is 5.10 Å². The molecular weight excluding hydrogens is 198 g/mol. The monoisotopic (exact) mass is 221 g/mol. The highest BCUT2D eigenvalue weighted by Crippen LogP contribution is 2.39. The molecule has 0 radical (unpaired) electrons. The van der Waals surface area contributed by atoms with Crippen LogP contribution in [-0.4, -0.2) is 16.3 Å². The maximum atomic E-state index is 5.59. The van der Waals surface area contributed by atoms with Gasteiger partial charge in [0.25, 0.3) is 0 Å². The Hall–Kier alpha value is -0.830. The van der Waals surface area contributed by atoms with E-state index in [0.29, 0.717) is 6.04 Å². The minimum atomic E-state index is 0.474. The van der Waals surface area contributed by atoms with Crippen LogP contribution in [-0.2, 0) is 6.42 Å². The van der Waals surface area contributed by atoms with Crippen LogP contribution in [0.1, 0.15) is 62.7 Å². The predicted octanol–water partition coefficient (Wildman–Crippen LogP) is 2.62. The third-order valence-corrected chi connectivity index (χ3v) is 3.55. The van der Waals surface area contributed by atoms with E-state index in [9.17, 15) is 0 Å². The number of rotatable bonds is 5. The normalized spacial score (nSPS) is 16.8. The molecule has 3 nitrogen and oxygen atoms in total. The maximum absolute atomic E-state index is 5.59. The summed E-state index contributed by atoms with van der Waals surface area (Å²) in [5.74, 6) is 0.762. The first-order chi connectivity index (χ1) is 7.74. The Morgan fingerprint density at radius 3 is 2.75 bits per heavy atom. The van der Waals surface area contributed by atoms with Crippen LogP contribution in [0.15, 0.2) is 6.20 Å². The fraction of sp³-hybridized carbons (Fsp3) is 0.769. The maximum Gasteiger partial charge on any atom is 0.0524 e. The number of aromatic nitrogens is 2. The summed E-state index contributed by atoms with van der Waals surface area (Å²) in [6.07, 6.45) is 8.29. The molecule has 0 bridgehead atoms. The van der Waals surface area contributed by atoms with Crippen molar-refractivity contribution < 1.29 is 0 Å². The van der Waals surface area contributed by atoms with Crippen LogP contribution in [0, 0.1) is 0 Å². The molecule has 1 aliphatic carbocycles. The summed E-state index contributed by atoms with van der Waals surface area (Å²) in [5, 5.41) is 4.55. The van der Waals surface area contributed by atoms with Crippen LogP contribution < -0.4 is 5.73 Å². The fourth-order valence-corrected chi connectivity index (χ4v) is 2.43. The molecule has 0 spiro atoms. The zero-order valence-electron chi connectivity index (χ0n) is 10.4. The topological polar surface area (TPSA) is 43.8 Å². The van der Waals surface area contributed by atoms with E-state index in [2.05, 4.69) is 29.8 Å². The molecule has 0 unspecified atom stereocenters. The van der Waals surface area contributed by atoms with Crippen molar-refractivity contribution in [2.75, 3.05) is 6.54 Å². The van der Waals surface area contributed by atoms with Crippen molar-refractivity contribution >= 4 is 0 Å². The standard InChI is InChI=1S/C13H23N3/c1-10(2)16-13(11-5-3-6-11)12(9-15-16)7-4-8-14/h9-11H,3-8,14H2,1-2H3. The molecule has 2 N–H and O–H groups in total. The molecule has 16 heavy (non-hydrogen) atoms. The predicted molar refractivity (Wildman–Crippen MR) is 66.6 cm³/mol. The Balaban J connectivity index is 2.22. The van der Waals surface area contributed by atoms with Gasteiger partial charge in [-0.05, 0) is 51.6 Å². The SMILES string of the molecule is CC(C)n1ncc(CCCN)c1C1CCC1. The van der Waals surface area contributed by atoms with Gasteiger partial charge in [-0.3, -0.25) is 4.68 Å². The van der Waals surface area contributed by atoms with Gasteiger partial charge in [-0.1, -0.05) is 6.42 Å². The molecule has 3 heteroatoms. The molecule has 1 saturated carbocycles. The van der Waals surface area contributed by atoms with Crippen LogP contribution >= 0.6 is 0 Å². The van der Waals surface area contributed by atoms with E-state index in [4.69, 9.17) is 5.73 Å². The molecule has 0 saturated heterocycles. The summed E-state index contributed by atoms with van der Waals surface area (Å²) >= 11 is 0. The number of aryl methyl sites for hydroxylation is 1. The van der Waals surface area contributed by atoms with Gasteiger partial charge in [0, 0.05) is 17.7 Å². The summed E-state index contributed by atoms with van der Waals surface area (Å²) in [6, 6.07) is 0.474. The second-order valence-electron chi connectivity index (χ2n) is 5.11. The zero-order chi connectivity index (χ0) is 11.5. The molecule has 0 amide bonds. The fourth-order valence-electron chi connectivity index (χ4n) is 2.43. The van der Waals surface area contributed by atoms with Crippen molar-refractivity contribution in [3.8, 4) is 0 Å². The third-order valence-electron chi connectivity index (χ3n) is 3.55. The minimum absolute atomic E-state index is 0.474. The van der Waals surface area contributed by atoms with Crippen LogP contribution in [0.3, 0.4) is 0 Å². The van der Waals surface area contributed by atoms with E-state index < -0.39 is 0 Å². The highest BCUT2D eigenvalue weighted by Gasteiger charge is 2.26. The van der Waals surface area contributed by atoms with Gasteiger partial charge in [0.15, 0.2) is 0 Å². The zero-order valence-corrected chi connectivity index (χ0v) is 10.4. The lowest BCUT2D eigenvalue weighted by molar-refractivity contribution is 0.373. The summed E-state index contributed by atoms with van der Waals surface area (Å²) in [4.78, 5) is 0. The number of hydrogen-bond acceptors (Lipinski definition) is 2. The van der Waals surface area contributed by atoms with E-state index in [1.54, 1.807) is 0 Å². The molecule has 0 aromatic carbocycles. The van der Waals surface area contributed by atoms with Crippen LogP contribution in [0.2, 0.25) is 0 Å². The lowest BCUT2D eigenvalue weighted by atomic mass is 9.81. The lowest BCUT2D eigenvalue weighted by Gasteiger charge is -2.28. The van der Waals surface area contributed by atoms with Crippen LogP contribution in [0.5, 0.6) is 0 Å². The van der Waals surface area contributed by atoms with E-state index in [1.165, 1.54) is 30.5 Å². The molecule has 0 atom stereocenters. The molecule has 1 fully saturated rings. The Bertz CT molecular complexity index is 337. The highest BCUT2D eigenvalue weighted by atomic mass is 15.3. The van der Waals surface area contributed by atoms with Gasteiger partial charge < -0.3 is 5.73 Å². The molecule has 0 aliphatic heterocycles.